The largest absolute Gasteiger partial charge is 0.477 e. The smallest absolute Gasteiger partial charge is 0.354 e. The molecule has 1 N–H and O–H groups in total. The molecule has 0 atom stereocenters. The molecule has 0 spiro atoms. The molecule has 0 unspecified atom stereocenters. The molecule has 1 aliphatic heterocycles. The Balaban J connectivity index is 2.17. The van der Waals surface area contributed by atoms with Crippen molar-refractivity contribution in [2.75, 3.05) is 29.5 Å². The molecule has 1 fully saturated rings. The van der Waals surface area contributed by atoms with Crippen molar-refractivity contribution >= 4 is 22.6 Å². The SMILES string of the molecule is O=C(O)c1cccc(N2CCS(=O)CC2)n1. The van der Waals surface area contributed by atoms with Crippen LogP contribution in [0.4, 0.5) is 5.82 Å². The first kappa shape index (κ1) is 11.1. The summed E-state index contributed by atoms with van der Waals surface area (Å²) in [4.78, 5) is 16.8. The maximum absolute atomic E-state index is 11.2. The van der Waals surface area contributed by atoms with Crippen LogP contribution in [-0.4, -0.2) is 44.9 Å². The molecule has 86 valence electrons. The van der Waals surface area contributed by atoms with Crippen molar-refractivity contribution in [2.45, 2.75) is 0 Å². The van der Waals surface area contributed by atoms with Crippen LogP contribution >= 0.6 is 0 Å². The van der Waals surface area contributed by atoms with E-state index in [1.54, 1.807) is 12.1 Å². The van der Waals surface area contributed by atoms with Gasteiger partial charge in [0.05, 0.1) is 0 Å². The van der Waals surface area contributed by atoms with Gasteiger partial charge in [0.2, 0.25) is 0 Å². The molecule has 1 aromatic rings. The van der Waals surface area contributed by atoms with Gasteiger partial charge in [0, 0.05) is 35.4 Å². The van der Waals surface area contributed by atoms with Crippen LogP contribution < -0.4 is 4.90 Å². The molecule has 6 heteroatoms. The number of nitrogens with zero attached hydrogens (tertiary/aromatic N) is 2. The van der Waals surface area contributed by atoms with Crippen LogP contribution in [0.2, 0.25) is 0 Å². The van der Waals surface area contributed by atoms with Gasteiger partial charge in [-0.05, 0) is 12.1 Å². The molecule has 16 heavy (non-hydrogen) atoms. The van der Waals surface area contributed by atoms with Gasteiger partial charge in [0.1, 0.15) is 5.82 Å². The maximum Gasteiger partial charge on any atom is 0.354 e. The van der Waals surface area contributed by atoms with E-state index in [4.69, 9.17) is 5.11 Å². The Bertz CT molecular complexity index is 426. The van der Waals surface area contributed by atoms with E-state index in [-0.39, 0.29) is 5.69 Å². The highest BCUT2D eigenvalue weighted by Gasteiger charge is 2.17. The van der Waals surface area contributed by atoms with Gasteiger partial charge < -0.3 is 10.0 Å². The van der Waals surface area contributed by atoms with Gasteiger partial charge in [-0.2, -0.15) is 0 Å². The number of aromatic nitrogens is 1. The predicted octanol–water partition coefficient (Wildman–Crippen LogP) is 0.349. The number of hydrogen-bond donors (Lipinski definition) is 1. The lowest BCUT2D eigenvalue weighted by Crippen LogP contribution is -2.38. The fraction of sp³-hybridized carbons (Fsp3) is 0.400. The van der Waals surface area contributed by atoms with Gasteiger partial charge >= 0.3 is 5.97 Å². The summed E-state index contributed by atoms with van der Waals surface area (Å²) in [6.45, 7) is 1.34. The third-order valence-electron chi connectivity index (χ3n) is 2.46. The average Bonchev–Trinajstić information content (AvgIpc) is 2.30. The Morgan fingerprint density at radius 3 is 2.69 bits per heavy atom. The second-order valence-electron chi connectivity index (χ2n) is 3.52. The number of carboxylic acids is 1. The number of rotatable bonds is 2. The highest BCUT2D eigenvalue weighted by Crippen LogP contribution is 2.13. The van der Waals surface area contributed by atoms with Crippen molar-refractivity contribution in [2.24, 2.45) is 0 Å². The maximum atomic E-state index is 11.2. The number of anilines is 1. The first-order valence-electron chi connectivity index (χ1n) is 4.97. The Hall–Kier alpha value is -1.43. The summed E-state index contributed by atoms with van der Waals surface area (Å²) < 4.78 is 11.2. The zero-order chi connectivity index (χ0) is 11.5. The third-order valence-corrected chi connectivity index (χ3v) is 3.73. The second kappa shape index (κ2) is 4.61. The van der Waals surface area contributed by atoms with E-state index in [0.717, 1.165) is 0 Å². The van der Waals surface area contributed by atoms with Gasteiger partial charge in [-0.25, -0.2) is 9.78 Å². The fourth-order valence-corrected chi connectivity index (χ4v) is 2.64. The lowest BCUT2D eigenvalue weighted by atomic mass is 10.3. The molecule has 5 nitrogen and oxygen atoms in total. The number of hydrogen-bond acceptors (Lipinski definition) is 4. The topological polar surface area (TPSA) is 70.5 Å². The average molecular weight is 240 g/mol. The summed E-state index contributed by atoms with van der Waals surface area (Å²) in [5.41, 5.74) is 0.0456. The zero-order valence-corrected chi connectivity index (χ0v) is 9.44. The molecule has 1 aliphatic rings. The molecule has 0 bridgehead atoms. The van der Waals surface area contributed by atoms with Gasteiger partial charge in [0.25, 0.3) is 0 Å². The van der Waals surface area contributed by atoms with E-state index >= 15 is 0 Å². The van der Waals surface area contributed by atoms with Crippen molar-refractivity contribution in [1.29, 1.82) is 0 Å². The molecule has 2 heterocycles. The van der Waals surface area contributed by atoms with Gasteiger partial charge in [-0.3, -0.25) is 4.21 Å². The van der Waals surface area contributed by atoms with E-state index < -0.39 is 16.8 Å². The molecule has 1 saturated heterocycles. The van der Waals surface area contributed by atoms with E-state index in [2.05, 4.69) is 4.98 Å². The van der Waals surface area contributed by atoms with Gasteiger partial charge in [-0.15, -0.1) is 0 Å². The minimum Gasteiger partial charge on any atom is -0.477 e. The first-order valence-corrected chi connectivity index (χ1v) is 6.46. The van der Waals surface area contributed by atoms with Crippen LogP contribution in [-0.2, 0) is 10.8 Å². The third kappa shape index (κ3) is 2.38. The highest BCUT2D eigenvalue weighted by atomic mass is 32.2. The Labute approximate surface area is 95.6 Å². The van der Waals surface area contributed by atoms with Gasteiger partial charge in [0.15, 0.2) is 5.69 Å². The standard InChI is InChI=1S/C10H12N2O3S/c13-10(14)8-2-1-3-9(11-8)12-4-6-16(15)7-5-12/h1-3H,4-7H2,(H,13,14). The Morgan fingerprint density at radius 1 is 1.38 bits per heavy atom. The Kier molecular flexibility index (Phi) is 3.19. The van der Waals surface area contributed by atoms with Crippen LogP contribution in [0.1, 0.15) is 10.5 Å². The summed E-state index contributed by atoms with van der Waals surface area (Å²) >= 11 is 0. The van der Waals surface area contributed by atoms with Crippen molar-refractivity contribution in [3.8, 4) is 0 Å². The lowest BCUT2D eigenvalue weighted by molar-refractivity contribution is 0.0690. The van der Waals surface area contributed by atoms with E-state index in [0.29, 0.717) is 30.4 Å². The molecular weight excluding hydrogens is 228 g/mol. The summed E-state index contributed by atoms with van der Waals surface area (Å²) in [6.07, 6.45) is 0. The number of aromatic carboxylic acids is 1. The predicted molar refractivity (Wildman–Crippen MR) is 61.3 cm³/mol. The molecule has 2 rings (SSSR count). The molecular formula is C10H12N2O3S. The summed E-state index contributed by atoms with van der Waals surface area (Å²) in [5, 5.41) is 8.82. The van der Waals surface area contributed by atoms with Crippen molar-refractivity contribution in [1.82, 2.24) is 4.98 Å². The van der Waals surface area contributed by atoms with E-state index in [1.807, 2.05) is 4.90 Å². The number of pyridine rings is 1. The van der Waals surface area contributed by atoms with Crippen molar-refractivity contribution < 1.29 is 14.1 Å². The molecule has 0 aliphatic carbocycles. The number of carboxylic acid groups (broad SMARTS) is 1. The lowest BCUT2D eigenvalue weighted by Gasteiger charge is -2.27. The van der Waals surface area contributed by atoms with Crippen LogP contribution in [0, 0.1) is 0 Å². The normalized spacial score (nSPS) is 17.4. The molecule has 0 radical (unpaired) electrons. The minimum absolute atomic E-state index is 0.0456. The Morgan fingerprint density at radius 2 is 2.06 bits per heavy atom. The van der Waals surface area contributed by atoms with Crippen LogP contribution in [0.5, 0.6) is 0 Å². The van der Waals surface area contributed by atoms with Gasteiger partial charge in [-0.1, -0.05) is 6.07 Å². The monoisotopic (exact) mass is 240 g/mol. The van der Waals surface area contributed by atoms with Crippen LogP contribution in [0.25, 0.3) is 0 Å². The summed E-state index contributed by atoms with van der Waals surface area (Å²) in [5.74, 6) is 0.872. The first-order chi connectivity index (χ1) is 7.66. The fourth-order valence-electron chi connectivity index (χ4n) is 1.59. The van der Waals surface area contributed by atoms with Crippen LogP contribution in [0.3, 0.4) is 0 Å². The van der Waals surface area contributed by atoms with E-state index in [1.165, 1.54) is 6.07 Å². The summed E-state index contributed by atoms with van der Waals surface area (Å²) in [6, 6.07) is 4.92. The van der Waals surface area contributed by atoms with Crippen molar-refractivity contribution in [3.63, 3.8) is 0 Å². The second-order valence-corrected chi connectivity index (χ2v) is 5.22. The number of carbonyl (C=O) groups is 1. The van der Waals surface area contributed by atoms with Crippen LogP contribution in [0.15, 0.2) is 18.2 Å². The van der Waals surface area contributed by atoms with E-state index in [9.17, 15) is 9.00 Å². The molecule has 0 saturated carbocycles. The highest BCUT2D eigenvalue weighted by molar-refractivity contribution is 7.85. The quantitative estimate of drug-likeness (QED) is 0.807. The molecule has 1 aromatic heterocycles. The van der Waals surface area contributed by atoms with Crippen molar-refractivity contribution in [3.05, 3.63) is 23.9 Å². The zero-order valence-electron chi connectivity index (χ0n) is 8.63. The molecule has 0 amide bonds. The molecule has 0 aromatic carbocycles. The minimum atomic E-state index is -1.03. The summed E-state index contributed by atoms with van der Waals surface area (Å²) in [7, 11) is -0.735.